The van der Waals surface area contributed by atoms with Crippen molar-refractivity contribution in [2.24, 2.45) is 5.92 Å². The van der Waals surface area contributed by atoms with Crippen molar-refractivity contribution in [3.05, 3.63) is 34.3 Å². The second-order valence-electron chi connectivity index (χ2n) is 4.00. The topological polar surface area (TPSA) is 32.3 Å². The van der Waals surface area contributed by atoms with Gasteiger partial charge in [-0.25, -0.2) is 0 Å². The molecule has 1 atom stereocenters. The maximum absolute atomic E-state index is 8.86. The molecule has 1 rings (SSSR count). The van der Waals surface area contributed by atoms with Crippen LogP contribution in [0.1, 0.15) is 18.1 Å². The van der Waals surface area contributed by atoms with E-state index in [4.69, 9.17) is 16.7 Å². The molecule has 84 valence electrons. The summed E-state index contributed by atoms with van der Waals surface area (Å²) in [6, 6.07) is 6.02. The molecule has 0 aliphatic heterocycles. The van der Waals surface area contributed by atoms with Crippen molar-refractivity contribution < 1.29 is 5.11 Å². The number of rotatable bonds is 5. The smallest absolute Gasteiger partial charge is 0.0468 e. The SMILES string of the molecule is Cc1cc(CNCC(C)CO)ccc1Cl. The molecule has 1 unspecified atom stereocenters. The highest BCUT2D eigenvalue weighted by Crippen LogP contribution is 2.16. The van der Waals surface area contributed by atoms with Crippen molar-refractivity contribution in [2.75, 3.05) is 13.2 Å². The Bertz CT molecular complexity index is 314. The zero-order valence-corrected chi connectivity index (χ0v) is 10.0. The lowest BCUT2D eigenvalue weighted by molar-refractivity contribution is 0.233. The summed E-state index contributed by atoms with van der Waals surface area (Å²) in [5, 5.41) is 13.0. The van der Waals surface area contributed by atoms with E-state index in [2.05, 4.69) is 11.4 Å². The molecule has 0 radical (unpaired) electrons. The molecule has 0 saturated carbocycles. The molecule has 1 aromatic carbocycles. The highest BCUT2D eigenvalue weighted by Gasteiger charge is 2.00. The number of aryl methyl sites for hydroxylation is 1. The normalized spacial score (nSPS) is 12.8. The van der Waals surface area contributed by atoms with Crippen LogP contribution in [0.3, 0.4) is 0 Å². The average Bonchev–Trinajstić information content (AvgIpc) is 2.23. The first-order valence-electron chi connectivity index (χ1n) is 5.20. The van der Waals surface area contributed by atoms with E-state index in [-0.39, 0.29) is 6.61 Å². The Morgan fingerprint density at radius 3 is 2.80 bits per heavy atom. The number of aliphatic hydroxyl groups is 1. The van der Waals surface area contributed by atoms with E-state index in [0.717, 1.165) is 23.7 Å². The van der Waals surface area contributed by atoms with Crippen LogP contribution in [0.2, 0.25) is 5.02 Å². The lowest BCUT2D eigenvalue weighted by Gasteiger charge is -2.10. The van der Waals surface area contributed by atoms with Gasteiger partial charge in [-0.1, -0.05) is 30.7 Å². The molecular formula is C12H18ClNO. The van der Waals surface area contributed by atoms with Gasteiger partial charge in [0.05, 0.1) is 0 Å². The predicted octanol–water partition coefficient (Wildman–Crippen LogP) is 2.37. The molecule has 3 heteroatoms. The largest absolute Gasteiger partial charge is 0.396 e. The Hall–Kier alpha value is -0.570. The number of halogens is 1. The van der Waals surface area contributed by atoms with Crippen molar-refractivity contribution in [2.45, 2.75) is 20.4 Å². The summed E-state index contributed by atoms with van der Waals surface area (Å²) >= 11 is 5.93. The van der Waals surface area contributed by atoms with Crippen LogP contribution in [0, 0.1) is 12.8 Å². The Morgan fingerprint density at radius 1 is 1.47 bits per heavy atom. The third kappa shape index (κ3) is 4.20. The lowest BCUT2D eigenvalue weighted by Crippen LogP contribution is -2.22. The van der Waals surface area contributed by atoms with Crippen LogP contribution >= 0.6 is 11.6 Å². The minimum absolute atomic E-state index is 0.229. The molecule has 0 amide bonds. The summed E-state index contributed by atoms with van der Waals surface area (Å²) in [5.74, 6) is 0.304. The molecule has 0 spiro atoms. The van der Waals surface area contributed by atoms with Crippen molar-refractivity contribution in [1.82, 2.24) is 5.32 Å². The van der Waals surface area contributed by atoms with Crippen LogP contribution in [0.5, 0.6) is 0 Å². The first-order chi connectivity index (χ1) is 7.13. The van der Waals surface area contributed by atoms with Crippen molar-refractivity contribution >= 4 is 11.6 Å². The van der Waals surface area contributed by atoms with E-state index >= 15 is 0 Å². The van der Waals surface area contributed by atoms with E-state index in [0.29, 0.717) is 5.92 Å². The maximum atomic E-state index is 8.86. The van der Waals surface area contributed by atoms with Gasteiger partial charge >= 0.3 is 0 Å². The molecular weight excluding hydrogens is 210 g/mol. The molecule has 0 heterocycles. The van der Waals surface area contributed by atoms with Crippen LogP contribution < -0.4 is 5.32 Å². The quantitative estimate of drug-likeness (QED) is 0.810. The van der Waals surface area contributed by atoms with Crippen LogP contribution in [0.15, 0.2) is 18.2 Å². The predicted molar refractivity (Wildman–Crippen MR) is 64.1 cm³/mol. The van der Waals surface area contributed by atoms with E-state index in [1.165, 1.54) is 5.56 Å². The van der Waals surface area contributed by atoms with Gasteiger partial charge in [0.2, 0.25) is 0 Å². The first kappa shape index (κ1) is 12.5. The van der Waals surface area contributed by atoms with E-state index in [1.54, 1.807) is 0 Å². The Balaban J connectivity index is 2.41. The van der Waals surface area contributed by atoms with Gasteiger partial charge < -0.3 is 10.4 Å². The minimum Gasteiger partial charge on any atom is -0.396 e. The summed E-state index contributed by atoms with van der Waals surface area (Å²) in [4.78, 5) is 0. The van der Waals surface area contributed by atoms with Gasteiger partial charge in [-0.05, 0) is 30.0 Å². The fourth-order valence-corrected chi connectivity index (χ4v) is 1.46. The number of benzene rings is 1. The average molecular weight is 228 g/mol. The number of hydrogen-bond donors (Lipinski definition) is 2. The molecule has 0 saturated heterocycles. The molecule has 2 nitrogen and oxygen atoms in total. The standard InChI is InChI=1S/C12H18ClNO/c1-9(8-15)6-14-7-11-3-4-12(13)10(2)5-11/h3-5,9,14-15H,6-8H2,1-2H3. The molecule has 0 aliphatic carbocycles. The highest BCUT2D eigenvalue weighted by atomic mass is 35.5. The monoisotopic (exact) mass is 227 g/mol. The van der Waals surface area contributed by atoms with Crippen molar-refractivity contribution in [3.8, 4) is 0 Å². The van der Waals surface area contributed by atoms with Crippen molar-refractivity contribution in [1.29, 1.82) is 0 Å². The van der Waals surface area contributed by atoms with Gasteiger partial charge in [-0.2, -0.15) is 0 Å². The fraction of sp³-hybridized carbons (Fsp3) is 0.500. The van der Waals surface area contributed by atoms with E-state index in [1.807, 2.05) is 26.0 Å². The molecule has 0 bridgehead atoms. The fourth-order valence-electron chi connectivity index (χ4n) is 1.34. The van der Waals surface area contributed by atoms with Gasteiger partial charge in [0.1, 0.15) is 0 Å². The van der Waals surface area contributed by atoms with Gasteiger partial charge in [0, 0.05) is 24.7 Å². The maximum Gasteiger partial charge on any atom is 0.0468 e. The summed E-state index contributed by atoms with van der Waals surface area (Å²) in [5.41, 5.74) is 2.33. The number of nitrogens with one attached hydrogen (secondary N) is 1. The molecule has 0 aromatic heterocycles. The van der Waals surface area contributed by atoms with E-state index in [9.17, 15) is 0 Å². The third-order valence-electron chi connectivity index (χ3n) is 2.36. The molecule has 0 aliphatic rings. The lowest BCUT2D eigenvalue weighted by atomic mass is 10.1. The molecule has 15 heavy (non-hydrogen) atoms. The van der Waals surface area contributed by atoms with Crippen molar-refractivity contribution in [3.63, 3.8) is 0 Å². The third-order valence-corrected chi connectivity index (χ3v) is 2.78. The van der Waals surface area contributed by atoms with Crippen LogP contribution in [0.25, 0.3) is 0 Å². The van der Waals surface area contributed by atoms with Crippen LogP contribution in [-0.4, -0.2) is 18.3 Å². The molecule has 1 aromatic rings. The van der Waals surface area contributed by atoms with Crippen LogP contribution in [0.4, 0.5) is 0 Å². The summed E-state index contributed by atoms with van der Waals surface area (Å²) in [6.45, 7) is 5.90. The summed E-state index contributed by atoms with van der Waals surface area (Å²) in [7, 11) is 0. The van der Waals surface area contributed by atoms with Crippen LogP contribution in [-0.2, 0) is 6.54 Å². The van der Waals surface area contributed by atoms with Gasteiger partial charge in [-0.3, -0.25) is 0 Å². The van der Waals surface area contributed by atoms with E-state index < -0.39 is 0 Å². The minimum atomic E-state index is 0.229. The zero-order valence-electron chi connectivity index (χ0n) is 9.26. The number of aliphatic hydroxyl groups excluding tert-OH is 1. The highest BCUT2D eigenvalue weighted by molar-refractivity contribution is 6.31. The summed E-state index contributed by atoms with van der Waals surface area (Å²) < 4.78 is 0. The van der Waals surface area contributed by atoms with Gasteiger partial charge in [0.15, 0.2) is 0 Å². The first-order valence-corrected chi connectivity index (χ1v) is 5.58. The molecule has 0 fully saturated rings. The Labute approximate surface area is 96.3 Å². The zero-order chi connectivity index (χ0) is 11.3. The Morgan fingerprint density at radius 2 is 2.20 bits per heavy atom. The molecule has 2 N–H and O–H groups in total. The second-order valence-corrected chi connectivity index (χ2v) is 4.41. The number of hydrogen-bond acceptors (Lipinski definition) is 2. The summed E-state index contributed by atoms with van der Waals surface area (Å²) in [6.07, 6.45) is 0. The van der Waals surface area contributed by atoms with Gasteiger partial charge in [-0.15, -0.1) is 0 Å². The second kappa shape index (κ2) is 6.11. The Kier molecular flexibility index (Phi) is 5.09. The van der Waals surface area contributed by atoms with Gasteiger partial charge in [0.25, 0.3) is 0 Å².